The van der Waals surface area contributed by atoms with Gasteiger partial charge in [0.15, 0.2) is 0 Å². The summed E-state index contributed by atoms with van der Waals surface area (Å²) < 4.78 is 20.8. The second-order valence-corrected chi connectivity index (χ2v) is 6.01. The molecule has 8 heteroatoms. The van der Waals surface area contributed by atoms with Gasteiger partial charge in [0.2, 0.25) is 0 Å². The normalized spacial score (nSPS) is 14.8. The van der Waals surface area contributed by atoms with E-state index in [4.69, 9.17) is 4.74 Å². The highest BCUT2D eigenvalue weighted by Crippen LogP contribution is 2.15. The molecule has 2 heterocycles. The van der Waals surface area contributed by atoms with Gasteiger partial charge in [0.25, 0.3) is 0 Å². The van der Waals surface area contributed by atoms with Crippen molar-refractivity contribution in [1.29, 1.82) is 0 Å². The van der Waals surface area contributed by atoms with E-state index >= 15 is 0 Å². The molecule has 1 aliphatic heterocycles. The molecule has 0 spiro atoms. The lowest BCUT2D eigenvalue weighted by atomic mass is 10.2. The topological polar surface area (TPSA) is 72.3 Å². The predicted molar refractivity (Wildman–Crippen MR) is 89.7 cm³/mol. The summed E-state index contributed by atoms with van der Waals surface area (Å²) in [5.74, 6) is 1.63. The van der Waals surface area contributed by atoms with E-state index in [9.17, 15) is 9.18 Å². The lowest BCUT2D eigenvalue weighted by Crippen LogP contribution is -2.47. The van der Waals surface area contributed by atoms with Crippen LogP contribution in [0.1, 0.15) is 25.0 Å². The van der Waals surface area contributed by atoms with Crippen LogP contribution in [0.15, 0.2) is 24.3 Å². The van der Waals surface area contributed by atoms with Crippen molar-refractivity contribution in [2.24, 2.45) is 0 Å². The number of aromatic nitrogens is 3. The summed E-state index contributed by atoms with van der Waals surface area (Å²) in [5.41, 5.74) is 0. The molecular formula is C17H22FN5O2. The van der Waals surface area contributed by atoms with Crippen molar-refractivity contribution in [1.82, 2.24) is 25.0 Å². The lowest BCUT2D eigenvalue weighted by Gasteiger charge is -2.27. The van der Waals surface area contributed by atoms with Crippen LogP contribution in [0.3, 0.4) is 0 Å². The summed E-state index contributed by atoms with van der Waals surface area (Å²) in [6.45, 7) is 5.82. The molecule has 1 N–H and O–H groups in total. The summed E-state index contributed by atoms with van der Waals surface area (Å²) in [7, 11) is 0. The predicted octanol–water partition coefficient (Wildman–Crippen LogP) is 2.11. The van der Waals surface area contributed by atoms with E-state index in [1.54, 1.807) is 17.0 Å². The second-order valence-electron chi connectivity index (χ2n) is 6.01. The third kappa shape index (κ3) is 4.26. The number of benzene rings is 1. The largest absolute Gasteiger partial charge is 0.489 e. The number of amides is 2. The molecule has 1 aromatic heterocycles. The molecule has 1 aliphatic rings. The first-order chi connectivity index (χ1) is 12.0. The maximum Gasteiger partial charge on any atom is 0.318 e. The Morgan fingerprint density at radius 1 is 1.44 bits per heavy atom. The molecule has 1 atom stereocenters. The smallest absolute Gasteiger partial charge is 0.318 e. The molecule has 0 bridgehead atoms. The number of carbonyl (C=O) groups is 1. The molecule has 0 unspecified atom stereocenters. The monoisotopic (exact) mass is 347 g/mol. The van der Waals surface area contributed by atoms with Gasteiger partial charge >= 0.3 is 6.03 Å². The molecule has 0 saturated heterocycles. The molecule has 0 radical (unpaired) electrons. The van der Waals surface area contributed by atoms with Crippen LogP contribution in [0, 0.1) is 12.7 Å². The first-order valence-corrected chi connectivity index (χ1v) is 8.40. The maximum absolute atomic E-state index is 13.2. The fraction of sp³-hybridized carbons (Fsp3) is 0.471. The van der Waals surface area contributed by atoms with E-state index in [0.717, 1.165) is 5.82 Å². The van der Waals surface area contributed by atoms with Gasteiger partial charge in [-0.2, -0.15) is 5.10 Å². The number of halogens is 1. The first-order valence-electron chi connectivity index (χ1n) is 8.40. The van der Waals surface area contributed by atoms with Gasteiger partial charge in [-0.3, -0.25) is 0 Å². The fourth-order valence-corrected chi connectivity index (χ4v) is 2.75. The zero-order chi connectivity index (χ0) is 17.8. The van der Waals surface area contributed by atoms with E-state index in [1.165, 1.54) is 12.1 Å². The van der Waals surface area contributed by atoms with Gasteiger partial charge in [-0.15, -0.1) is 0 Å². The number of nitrogens with one attached hydrogen (secondary N) is 1. The van der Waals surface area contributed by atoms with Crippen molar-refractivity contribution < 1.29 is 13.9 Å². The van der Waals surface area contributed by atoms with E-state index in [2.05, 4.69) is 15.4 Å². The highest BCUT2D eigenvalue weighted by atomic mass is 19.1. The third-order valence-electron chi connectivity index (χ3n) is 4.09. The number of urea groups is 1. The minimum absolute atomic E-state index is 0.159. The van der Waals surface area contributed by atoms with Crippen molar-refractivity contribution in [3.63, 3.8) is 0 Å². The number of ether oxygens (including phenoxy) is 1. The maximum atomic E-state index is 13.2. The first kappa shape index (κ1) is 17.2. The third-order valence-corrected chi connectivity index (χ3v) is 4.09. The second kappa shape index (κ2) is 7.50. The van der Waals surface area contributed by atoms with Gasteiger partial charge in [-0.05, 0) is 25.5 Å². The molecule has 0 fully saturated rings. The van der Waals surface area contributed by atoms with Gasteiger partial charge in [-0.1, -0.05) is 13.0 Å². The number of aryl methyl sites for hydroxylation is 1. The number of nitrogens with zero attached hydrogens (tertiary/aromatic N) is 4. The molecule has 0 aliphatic carbocycles. The molecular weight excluding hydrogens is 325 g/mol. The Bertz CT molecular complexity index is 748. The van der Waals surface area contributed by atoms with Crippen molar-refractivity contribution in [3.05, 3.63) is 41.7 Å². The number of carbonyl (C=O) groups excluding carboxylic acids is 1. The van der Waals surface area contributed by atoms with E-state index in [1.807, 2.05) is 18.5 Å². The molecule has 2 aromatic rings. The van der Waals surface area contributed by atoms with Crippen LogP contribution in [0.25, 0.3) is 0 Å². The van der Waals surface area contributed by atoms with Crippen LogP contribution < -0.4 is 10.1 Å². The van der Waals surface area contributed by atoms with Crippen LogP contribution in [0.5, 0.6) is 5.75 Å². The Morgan fingerprint density at radius 3 is 3.04 bits per heavy atom. The Kier molecular flexibility index (Phi) is 5.16. The van der Waals surface area contributed by atoms with Crippen LogP contribution >= 0.6 is 0 Å². The average Bonchev–Trinajstić information content (AvgIpc) is 2.97. The number of hydrogen-bond acceptors (Lipinski definition) is 4. The molecule has 3 rings (SSSR count). The van der Waals surface area contributed by atoms with Crippen LogP contribution in [0.4, 0.5) is 9.18 Å². The molecule has 1 aromatic carbocycles. The molecule has 2 amide bonds. The van der Waals surface area contributed by atoms with Crippen LogP contribution in [-0.4, -0.2) is 44.9 Å². The Hall–Kier alpha value is -2.64. The number of fused-ring (bicyclic) bond motifs is 1. The Balaban J connectivity index is 1.52. The zero-order valence-electron chi connectivity index (χ0n) is 14.4. The number of rotatable bonds is 5. The molecule has 0 saturated carbocycles. The lowest BCUT2D eigenvalue weighted by molar-refractivity contribution is 0.162. The van der Waals surface area contributed by atoms with Crippen LogP contribution in [-0.2, 0) is 13.1 Å². The SMILES string of the molecule is CC[C@H](CNC(=O)N1CCn2nc(C)nc2C1)Oc1cccc(F)c1. The number of hydrogen-bond donors (Lipinski definition) is 1. The highest BCUT2D eigenvalue weighted by Gasteiger charge is 2.23. The van der Waals surface area contributed by atoms with Gasteiger partial charge in [0.1, 0.15) is 29.3 Å². The van der Waals surface area contributed by atoms with E-state index in [-0.39, 0.29) is 18.0 Å². The molecule has 134 valence electrons. The minimum Gasteiger partial charge on any atom is -0.489 e. The Labute approximate surface area is 145 Å². The zero-order valence-corrected chi connectivity index (χ0v) is 14.4. The average molecular weight is 347 g/mol. The summed E-state index contributed by atoms with van der Waals surface area (Å²) in [6.07, 6.45) is 0.478. The van der Waals surface area contributed by atoms with Crippen molar-refractivity contribution >= 4 is 6.03 Å². The van der Waals surface area contributed by atoms with Crippen molar-refractivity contribution in [2.45, 2.75) is 39.5 Å². The molecule has 7 nitrogen and oxygen atoms in total. The van der Waals surface area contributed by atoms with Crippen LogP contribution in [0.2, 0.25) is 0 Å². The summed E-state index contributed by atoms with van der Waals surface area (Å²) in [5, 5.41) is 7.17. The van der Waals surface area contributed by atoms with Crippen molar-refractivity contribution in [3.8, 4) is 5.75 Å². The summed E-state index contributed by atoms with van der Waals surface area (Å²) in [6, 6.07) is 5.85. The Morgan fingerprint density at radius 2 is 2.28 bits per heavy atom. The summed E-state index contributed by atoms with van der Waals surface area (Å²) >= 11 is 0. The summed E-state index contributed by atoms with van der Waals surface area (Å²) in [4.78, 5) is 18.4. The van der Waals surface area contributed by atoms with E-state index in [0.29, 0.717) is 44.2 Å². The van der Waals surface area contributed by atoms with Gasteiger partial charge in [0.05, 0.1) is 19.6 Å². The fourth-order valence-electron chi connectivity index (χ4n) is 2.75. The van der Waals surface area contributed by atoms with Crippen molar-refractivity contribution in [2.75, 3.05) is 13.1 Å². The van der Waals surface area contributed by atoms with Gasteiger partial charge in [0, 0.05) is 12.6 Å². The standard InChI is InChI=1S/C17H22FN5O2/c1-3-14(25-15-6-4-5-13(18)9-15)10-19-17(24)22-7-8-23-16(11-22)20-12(2)21-23/h4-6,9,14H,3,7-8,10-11H2,1-2H3,(H,19,24)/t14-/m1/s1. The van der Waals surface area contributed by atoms with E-state index < -0.39 is 0 Å². The highest BCUT2D eigenvalue weighted by molar-refractivity contribution is 5.74. The quantitative estimate of drug-likeness (QED) is 0.899. The minimum atomic E-state index is -0.343. The van der Waals surface area contributed by atoms with Gasteiger partial charge < -0.3 is 15.0 Å². The molecule has 25 heavy (non-hydrogen) atoms. The van der Waals surface area contributed by atoms with Gasteiger partial charge in [-0.25, -0.2) is 18.9 Å².